The molecule has 21 heavy (non-hydrogen) atoms. The molecule has 108 valence electrons. The molecule has 1 aromatic heterocycles. The lowest BCUT2D eigenvalue weighted by molar-refractivity contribution is 0.102. The Labute approximate surface area is 121 Å². The Morgan fingerprint density at radius 1 is 1.48 bits per heavy atom. The summed E-state index contributed by atoms with van der Waals surface area (Å²) in [7, 11) is 0. The molecule has 1 amide bonds. The monoisotopic (exact) mass is 286 g/mol. The van der Waals surface area contributed by atoms with Crippen LogP contribution in [0.15, 0.2) is 18.2 Å². The number of carbonyl (C=O) groups excluding carboxylic acids is 1. The van der Waals surface area contributed by atoms with Crippen LogP contribution in [0.2, 0.25) is 0 Å². The summed E-state index contributed by atoms with van der Waals surface area (Å²) in [5.41, 5.74) is 7.61. The predicted octanol–water partition coefficient (Wildman–Crippen LogP) is 1.73. The van der Waals surface area contributed by atoms with Crippen molar-refractivity contribution in [3.8, 4) is 11.8 Å². The molecule has 0 radical (unpaired) electrons. The second-order valence-corrected chi connectivity index (χ2v) is 4.46. The highest BCUT2D eigenvalue weighted by Crippen LogP contribution is 2.18. The zero-order valence-corrected chi connectivity index (χ0v) is 11.7. The number of aromatic nitrogens is 2. The Balaban J connectivity index is 2.24. The first-order chi connectivity index (χ1) is 10.0. The van der Waals surface area contributed by atoms with Crippen molar-refractivity contribution in [3.63, 3.8) is 0 Å². The maximum absolute atomic E-state index is 14.0. The van der Waals surface area contributed by atoms with Crippen LogP contribution in [0.1, 0.15) is 27.3 Å². The average Bonchev–Trinajstić information content (AvgIpc) is 2.77. The molecule has 0 aliphatic rings. The zero-order valence-electron chi connectivity index (χ0n) is 11.7. The highest BCUT2D eigenvalue weighted by atomic mass is 19.1. The van der Waals surface area contributed by atoms with Gasteiger partial charge in [0.1, 0.15) is 5.82 Å². The van der Waals surface area contributed by atoms with Crippen molar-refractivity contribution in [1.29, 1.82) is 0 Å². The number of rotatable bonds is 2. The summed E-state index contributed by atoms with van der Waals surface area (Å²) < 4.78 is 14.0. The number of anilines is 1. The van der Waals surface area contributed by atoms with Gasteiger partial charge in [-0.25, -0.2) is 4.39 Å². The molecule has 5 nitrogen and oxygen atoms in total. The van der Waals surface area contributed by atoms with Gasteiger partial charge in [-0.05, 0) is 32.0 Å². The molecule has 4 N–H and O–H groups in total. The highest BCUT2D eigenvalue weighted by Gasteiger charge is 2.15. The molecular formula is C15H15FN4O. The van der Waals surface area contributed by atoms with Gasteiger partial charge in [-0.15, -0.1) is 0 Å². The van der Waals surface area contributed by atoms with E-state index >= 15 is 0 Å². The quantitative estimate of drug-likeness (QED) is 0.735. The van der Waals surface area contributed by atoms with E-state index in [-0.39, 0.29) is 12.1 Å². The maximum Gasteiger partial charge on any atom is 0.258 e. The van der Waals surface area contributed by atoms with E-state index in [1.165, 1.54) is 12.1 Å². The van der Waals surface area contributed by atoms with E-state index in [1.54, 1.807) is 19.9 Å². The summed E-state index contributed by atoms with van der Waals surface area (Å²) >= 11 is 0. The minimum Gasteiger partial charge on any atom is -0.320 e. The van der Waals surface area contributed by atoms with Crippen LogP contribution in [0.4, 0.5) is 10.1 Å². The lowest BCUT2D eigenvalue weighted by atomic mass is 10.1. The molecule has 0 bridgehead atoms. The number of amides is 1. The lowest BCUT2D eigenvalue weighted by Crippen LogP contribution is -2.14. The van der Waals surface area contributed by atoms with Crippen LogP contribution < -0.4 is 11.1 Å². The Morgan fingerprint density at radius 2 is 2.24 bits per heavy atom. The van der Waals surface area contributed by atoms with Gasteiger partial charge in [0.25, 0.3) is 5.91 Å². The third-order valence-corrected chi connectivity index (χ3v) is 2.92. The van der Waals surface area contributed by atoms with Gasteiger partial charge in [-0.2, -0.15) is 5.10 Å². The van der Waals surface area contributed by atoms with E-state index in [2.05, 4.69) is 27.4 Å². The van der Waals surface area contributed by atoms with Crippen LogP contribution in [-0.4, -0.2) is 22.6 Å². The van der Waals surface area contributed by atoms with Gasteiger partial charge in [0.2, 0.25) is 0 Å². The average molecular weight is 286 g/mol. The number of carbonyl (C=O) groups is 1. The molecule has 6 heteroatoms. The largest absolute Gasteiger partial charge is 0.320 e. The van der Waals surface area contributed by atoms with Crippen molar-refractivity contribution in [1.82, 2.24) is 10.2 Å². The number of aromatic amines is 1. The molecule has 2 aromatic rings. The summed E-state index contributed by atoms with van der Waals surface area (Å²) in [6.07, 6.45) is 0. The molecule has 0 fully saturated rings. The number of hydrogen-bond donors (Lipinski definition) is 3. The summed E-state index contributed by atoms with van der Waals surface area (Å²) in [4.78, 5) is 12.1. The van der Waals surface area contributed by atoms with Gasteiger partial charge in [0.05, 0.1) is 29.2 Å². The maximum atomic E-state index is 14.0. The third-order valence-electron chi connectivity index (χ3n) is 2.92. The zero-order chi connectivity index (χ0) is 15.4. The first-order valence-corrected chi connectivity index (χ1v) is 6.34. The molecule has 1 heterocycles. The molecule has 0 unspecified atom stereocenters. The minimum absolute atomic E-state index is 0.0479. The third kappa shape index (κ3) is 3.27. The fourth-order valence-corrected chi connectivity index (χ4v) is 1.85. The van der Waals surface area contributed by atoms with Gasteiger partial charge >= 0.3 is 0 Å². The second-order valence-electron chi connectivity index (χ2n) is 4.46. The second kappa shape index (κ2) is 6.20. The van der Waals surface area contributed by atoms with E-state index in [0.717, 1.165) is 0 Å². The molecular weight excluding hydrogens is 271 g/mol. The Kier molecular flexibility index (Phi) is 4.36. The number of hydrogen-bond acceptors (Lipinski definition) is 3. The van der Waals surface area contributed by atoms with Crippen LogP contribution in [0.25, 0.3) is 0 Å². The molecule has 0 atom stereocenters. The molecule has 0 aliphatic heterocycles. The van der Waals surface area contributed by atoms with Gasteiger partial charge < -0.3 is 11.1 Å². The number of aryl methyl sites for hydroxylation is 2. The predicted molar refractivity (Wildman–Crippen MR) is 78.3 cm³/mol. The van der Waals surface area contributed by atoms with E-state index < -0.39 is 11.7 Å². The molecule has 0 saturated heterocycles. The van der Waals surface area contributed by atoms with Crippen LogP contribution in [0.3, 0.4) is 0 Å². The fraction of sp³-hybridized carbons (Fsp3) is 0.200. The van der Waals surface area contributed by atoms with Gasteiger partial charge in [-0.1, -0.05) is 11.8 Å². The van der Waals surface area contributed by atoms with Crippen molar-refractivity contribution in [2.24, 2.45) is 5.73 Å². The highest BCUT2D eigenvalue weighted by molar-refractivity contribution is 6.05. The Bertz CT molecular complexity index is 720. The van der Waals surface area contributed by atoms with E-state index in [0.29, 0.717) is 22.6 Å². The van der Waals surface area contributed by atoms with Gasteiger partial charge in [0.15, 0.2) is 0 Å². The number of nitrogens with zero attached hydrogens (tertiary/aromatic N) is 1. The smallest absolute Gasteiger partial charge is 0.258 e. The summed E-state index contributed by atoms with van der Waals surface area (Å²) in [5.74, 6) is 4.18. The standard InChI is InChI=1S/C15H15FN4O/c1-9-14(10(2)20-19-9)18-15(21)12-6-5-11(4-3-7-17)8-13(12)16/h5-6,8H,7,17H2,1-2H3,(H,18,21)(H,19,20). The first-order valence-electron chi connectivity index (χ1n) is 6.34. The van der Waals surface area contributed by atoms with Crippen molar-refractivity contribution in [2.75, 3.05) is 11.9 Å². The van der Waals surface area contributed by atoms with Crippen molar-refractivity contribution < 1.29 is 9.18 Å². The van der Waals surface area contributed by atoms with Crippen molar-refractivity contribution >= 4 is 11.6 Å². The van der Waals surface area contributed by atoms with Gasteiger partial charge in [-0.3, -0.25) is 9.89 Å². The summed E-state index contributed by atoms with van der Waals surface area (Å²) in [5, 5.41) is 9.37. The van der Waals surface area contributed by atoms with Crippen LogP contribution in [0.5, 0.6) is 0 Å². The van der Waals surface area contributed by atoms with E-state index in [4.69, 9.17) is 5.73 Å². The van der Waals surface area contributed by atoms with Gasteiger partial charge in [0, 0.05) is 5.56 Å². The van der Waals surface area contributed by atoms with Crippen LogP contribution >= 0.6 is 0 Å². The van der Waals surface area contributed by atoms with Crippen LogP contribution in [-0.2, 0) is 0 Å². The normalized spacial score (nSPS) is 9.90. The number of nitrogens with one attached hydrogen (secondary N) is 2. The molecule has 0 aliphatic carbocycles. The topological polar surface area (TPSA) is 83.8 Å². The Hall–Kier alpha value is -2.65. The number of halogens is 1. The number of benzene rings is 1. The summed E-state index contributed by atoms with van der Waals surface area (Å²) in [6, 6.07) is 4.19. The van der Waals surface area contributed by atoms with Crippen molar-refractivity contribution in [2.45, 2.75) is 13.8 Å². The fourth-order valence-electron chi connectivity index (χ4n) is 1.85. The number of H-pyrrole nitrogens is 1. The Morgan fingerprint density at radius 3 is 2.81 bits per heavy atom. The van der Waals surface area contributed by atoms with E-state index in [9.17, 15) is 9.18 Å². The van der Waals surface area contributed by atoms with Crippen molar-refractivity contribution in [3.05, 3.63) is 46.5 Å². The lowest BCUT2D eigenvalue weighted by Gasteiger charge is -2.06. The summed E-state index contributed by atoms with van der Waals surface area (Å²) in [6.45, 7) is 3.72. The molecule has 0 saturated carbocycles. The minimum atomic E-state index is -0.630. The first kappa shape index (κ1) is 14.8. The molecule has 1 aromatic carbocycles. The molecule has 2 rings (SSSR count). The molecule has 0 spiro atoms. The SMILES string of the molecule is Cc1n[nH]c(C)c1NC(=O)c1ccc(C#CCN)cc1F. The van der Waals surface area contributed by atoms with E-state index in [1.807, 2.05) is 0 Å². The van der Waals surface area contributed by atoms with Crippen LogP contribution in [0, 0.1) is 31.5 Å². The number of nitrogens with two attached hydrogens (primary N) is 1.